The number of hydrogen-bond donors (Lipinski definition) is 2. The van der Waals surface area contributed by atoms with Gasteiger partial charge in [0, 0.05) is 17.6 Å². The Labute approximate surface area is 131 Å². The molecule has 3 nitrogen and oxygen atoms in total. The molecule has 0 spiro atoms. The molecule has 4 atom stereocenters. The zero-order chi connectivity index (χ0) is 14.8. The number of hydrogen-bond acceptors (Lipinski definition) is 1. The SMILES string of the molecule is CC(NC(=O)NCc1ccc(Cl)cc1)C1CC2CCC1C2. The van der Waals surface area contributed by atoms with Gasteiger partial charge in [0.05, 0.1) is 0 Å². The number of urea groups is 1. The van der Waals surface area contributed by atoms with Gasteiger partial charge < -0.3 is 10.6 Å². The third-order valence-electron chi connectivity index (χ3n) is 5.16. The van der Waals surface area contributed by atoms with Crippen LogP contribution >= 0.6 is 11.6 Å². The van der Waals surface area contributed by atoms with Crippen LogP contribution in [0.15, 0.2) is 24.3 Å². The van der Waals surface area contributed by atoms with Crippen molar-refractivity contribution in [3.63, 3.8) is 0 Å². The van der Waals surface area contributed by atoms with Crippen molar-refractivity contribution >= 4 is 17.6 Å². The predicted molar refractivity (Wildman–Crippen MR) is 85.2 cm³/mol. The fourth-order valence-corrected chi connectivity index (χ4v) is 4.18. The highest BCUT2D eigenvalue weighted by molar-refractivity contribution is 6.30. The van der Waals surface area contributed by atoms with E-state index in [1.54, 1.807) is 0 Å². The molecular weight excluding hydrogens is 284 g/mol. The standard InChI is InChI=1S/C17H23ClN2O/c1-11(16-9-13-2-5-14(16)8-13)20-17(21)19-10-12-3-6-15(18)7-4-12/h3-4,6-7,11,13-14,16H,2,5,8-10H2,1H3,(H2,19,20,21). The molecule has 0 saturated heterocycles. The highest BCUT2D eigenvalue weighted by Gasteiger charge is 2.42. The lowest BCUT2D eigenvalue weighted by Crippen LogP contribution is -2.45. The minimum absolute atomic E-state index is 0.0692. The first kappa shape index (κ1) is 14.7. The van der Waals surface area contributed by atoms with E-state index in [1.807, 2.05) is 24.3 Å². The number of fused-ring (bicyclic) bond motifs is 2. The Bertz CT molecular complexity index is 502. The molecule has 114 valence electrons. The van der Waals surface area contributed by atoms with E-state index < -0.39 is 0 Å². The molecule has 2 bridgehead atoms. The van der Waals surface area contributed by atoms with Crippen LogP contribution in [0.1, 0.15) is 38.2 Å². The summed E-state index contributed by atoms with van der Waals surface area (Å²) in [6, 6.07) is 7.75. The minimum Gasteiger partial charge on any atom is -0.335 e. The van der Waals surface area contributed by atoms with Crippen LogP contribution in [-0.4, -0.2) is 12.1 Å². The summed E-state index contributed by atoms with van der Waals surface area (Å²) in [5.74, 6) is 2.42. The molecular formula is C17H23ClN2O. The number of carbonyl (C=O) groups is 1. The molecule has 2 fully saturated rings. The highest BCUT2D eigenvalue weighted by atomic mass is 35.5. The van der Waals surface area contributed by atoms with Crippen LogP contribution in [0.25, 0.3) is 0 Å². The molecule has 2 aliphatic carbocycles. The van der Waals surface area contributed by atoms with Gasteiger partial charge in [-0.05, 0) is 61.6 Å². The van der Waals surface area contributed by atoms with E-state index in [4.69, 9.17) is 11.6 Å². The molecule has 2 saturated carbocycles. The van der Waals surface area contributed by atoms with Crippen LogP contribution in [0.3, 0.4) is 0 Å². The lowest BCUT2D eigenvalue weighted by Gasteiger charge is -2.28. The first-order chi connectivity index (χ1) is 10.1. The fourth-order valence-electron chi connectivity index (χ4n) is 4.06. The van der Waals surface area contributed by atoms with E-state index in [2.05, 4.69) is 17.6 Å². The van der Waals surface area contributed by atoms with Gasteiger partial charge in [-0.3, -0.25) is 0 Å². The van der Waals surface area contributed by atoms with Gasteiger partial charge in [-0.1, -0.05) is 30.2 Å². The average Bonchev–Trinajstić information content (AvgIpc) is 3.09. The summed E-state index contributed by atoms with van der Waals surface area (Å²) in [7, 11) is 0. The average molecular weight is 307 g/mol. The van der Waals surface area contributed by atoms with Gasteiger partial charge in [0.15, 0.2) is 0 Å². The first-order valence-corrected chi connectivity index (χ1v) is 8.28. The second-order valence-corrected chi connectivity index (χ2v) is 7.02. The molecule has 2 amide bonds. The van der Waals surface area contributed by atoms with Crippen LogP contribution in [0, 0.1) is 17.8 Å². The lowest BCUT2D eigenvalue weighted by atomic mass is 9.84. The Kier molecular flexibility index (Phi) is 4.39. The monoisotopic (exact) mass is 306 g/mol. The Morgan fingerprint density at radius 3 is 2.67 bits per heavy atom. The van der Waals surface area contributed by atoms with E-state index in [0.717, 1.165) is 17.4 Å². The molecule has 0 aromatic heterocycles. The number of nitrogens with one attached hydrogen (secondary N) is 2. The lowest BCUT2D eigenvalue weighted by molar-refractivity contribution is 0.220. The van der Waals surface area contributed by atoms with Crippen molar-refractivity contribution in [2.75, 3.05) is 0 Å². The Hall–Kier alpha value is -1.22. The summed E-state index contributed by atoms with van der Waals surface area (Å²) in [4.78, 5) is 12.0. The number of halogens is 1. The molecule has 0 heterocycles. The van der Waals surface area contributed by atoms with Crippen molar-refractivity contribution < 1.29 is 4.79 Å². The van der Waals surface area contributed by atoms with E-state index in [9.17, 15) is 4.79 Å². The van der Waals surface area contributed by atoms with Crippen LogP contribution in [0.2, 0.25) is 5.02 Å². The Morgan fingerprint density at radius 1 is 1.29 bits per heavy atom. The van der Waals surface area contributed by atoms with Crippen LogP contribution < -0.4 is 10.6 Å². The second-order valence-electron chi connectivity index (χ2n) is 6.58. The number of amides is 2. The molecule has 21 heavy (non-hydrogen) atoms. The second kappa shape index (κ2) is 6.27. The maximum atomic E-state index is 12.0. The number of rotatable bonds is 4. The molecule has 3 rings (SSSR count). The summed E-state index contributed by atoms with van der Waals surface area (Å²) in [6.07, 6.45) is 5.43. The Balaban J connectivity index is 1.44. The maximum Gasteiger partial charge on any atom is 0.315 e. The molecule has 2 aliphatic rings. The highest BCUT2D eigenvalue weighted by Crippen LogP contribution is 2.49. The smallest absolute Gasteiger partial charge is 0.315 e. The normalized spacial score (nSPS) is 28.4. The minimum atomic E-state index is -0.0692. The molecule has 0 radical (unpaired) electrons. The largest absolute Gasteiger partial charge is 0.335 e. The van der Waals surface area contributed by atoms with E-state index >= 15 is 0 Å². The maximum absolute atomic E-state index is 12.0. The Morgan fingerprint density at radius 2 is 2.05 bits per heavy atom. The molecule has 2 N–H and O–H groups in total. The van der Waals surface area contributed by atoms with Crippen LogP contribution in [0.4, 0.5) is 4.79 Å². The molecule has 1 aromatic carbocycles. The van der Waals surface area contributed by atoms with Crippen molar-refractivity contribution in [1.29, 1.82) is 0 Å². The van der Waals surface area contributed by atoms with Crippen LogP contribution in [-0.2, 0) is 6.54 Å². The summed E-state index contributed by atoms with van der Waals surface area (Å²) < 4.78 is 0. The van der Waals surface area contributed by atoms with E-state index in [-0.39, 0.29) is 12.1 Å². The van der Waals surface area contributed by atoms with E-state index in [1.165, 1.54) is 25.7 Å². The quantitative estimate of drug-likeness (QED) is 0.868. The van der Waals surface area contributed by atoms with Gasteiger partial charge in [0.25, 0.3) is 0 Å². The van der Waals surface area contributed by atoms with Crippen molar-refractivity contribution in [1.82, 2.24) is 10.6 Å². The van der Waals surface area contributed by atoms with Gasteiger partial charge in [-0.15, -0.1) is 0 Å². The third kappa shape index (κ3) is 3.52. The van der Waals surface area contributed by atoms with Gasteiger partial charge in [-0.2, -0.15) is 0 Å². The van der Waals surface area contributed by atoms with Crippen molar-refractivity contribution in [2.45, 2.75) is 45.2 Å². The van der Waals surface area contributed by atoms with Gasteiger partial charge in [-0.25, -0.2) is 4.79 Å². The van der Waals surface area contributed by atoms with Gasteiger partial charge >= 0.3 is 6.03 Å². The van der Waals surface area contributed by atoms with Crippen molar-refractivity contribution in [3.05, 3.63) is 34.9 Å². The third-order valence-corrected chi connectivity index (χ3v) is 5.41. The topological polar surface area (TPSA) is 41.1 Å². The first-order valence-electron chi connectivity index (χ1n) is 7.90. The molecule has 1 aromatic rings. The zero-order valence-corrected chi connectivity index (χ0v) is 13.2. The summed E-state index contributed by atoms with van der Waals surface area (Å²) in [5.41, 5.74) is 1.06. The summed E-state index contributed by atoms with van der Waals surface area (Å²) >= 11 is 5.85. The zero-order valence-electron chi connectivity index (χ0n) is 12.4. The molecule has 0 aliphatic heterocycles. The van der Waals surface area contributed by atoms with Crippen molar-refractivity contribution in [2.24, 2.45) is 17.8 Å². The fraction of sp³-hybridized carbons (Fsp3) is 0.588. The number of benzene rings is 1. The summed E-state index contributed by atoms with van der Waals surface area (Å²) in [6.45, 7) is 2.68. The molecule has 4 unspecified atom stereocenters. The molecule has 4 heteroatoms. The van der Waals surface area contributed by atoms with Crippen LogP contribution in [0.5, 0.6) is 0 Å². The van der Waals surface area contributed by atoms with Crippen molar-refractivity contribution in [3.8, 4) is 0 Å². The number of carbonyl (C=O) groups excluding carboxylic acids is 1. The van der Waals surface area contributed by atoms with Gasteiger partial charge in [0.1, 0.15) is 0 Å². The van der Waals surface area contributed by atoms with E-state index in [0.29, 0.717) is 17.5 Å². The predicted octanol–water partition coefficient (Wildman–Crippen LogP) is 3.96. The summed E-state index contributed by atoms with van der Waals surface area (Å²) in [5, 5.41) is 6.75. The van der Waals surface area contributed by atoms with Gasteiger partial charge in [0.2, 0.25) is 0 Å².